The summed E-state index contributed by atoms with van der Waals surface area (Å²) in [5.74, 6) is 0. The molecule has 0 fully saturated rings. The number of nitrogens with zero attached hydrogens (tertiary/aromatic N) is 2. The van der Waals surface area contributed by atoms with Gasteiger partial charge in [-0.05, 0) is 0 Å². The highest BCUT2D eigenvalue weighted by Crippen LogP contribution is 2.09. The van der Waals surface area contributed by atoms with Crippen molar-refractivity contribution in [3.8, 4) is 6.07 Å². The zero-order valence-electron chi connectivity index (χ0n) is 6.48. The summed E-state index contributed by atoms with van der Waals surface area (Å²) in [6, 6.07) is 2.79. The number of nitro groups is 1. The molecular formula is C7H5N3O3. The molecule has 66 valence electrons. The first-order valence-electron chi connectivity index (χ1n) is 3.38. The highest BCUT2D eigenvalue weighted by molar-refractivity contribution is 5.35. The number of pyridine rings is 1. The van der Waals surface area contributed by atoms with Crippen LogP contribution in [0.3, 0.4) is 0 Å². The first-order chi connectivity index (χ1) is 6.16. The molecule has 0 radical (unpaired) electrons. The number of hydrogen-bond acceptors (Lipinski definition) is 4. The molecule has 0 aliphatic carbocycles. The van der Waals surface area contributed by atoms with Crippen LogP contribution in [0.1, 0.15) is 5.69 Å². The van der Waals surface area contributed by atoms with Crippen LogP contribution in [0.25, 0.3) is 0 Å². The topological polar surface area (TPSA) is 99.8 Å². The molecule has 0 bridgehead atoms. The Balaban J connectivity index is 3.36. The van der Waals surface area contributed by atoms with Crippen molar-refractivity contribution in [3.63, 3.8) is 0 Å². The standard InChI is InChI=1S/C7H5N3O3/c8-3-1-5-7(10(12)13)6(11)2-4-9-5/h2,4H,1H2,(H,9,11). The van der Waals surface area contributed by atoms with E-state index in [1.54, 1.807) is 6.07 Å². The zero-order chi connectivity index (χ0) is 9.84. The summed E-state index contributed by atoms with van der Waals surface area (Å²) in [4.78, 5) is 23.1. The average Bonchev–Trinajstić information content (AvgIpc) is 2.04. The third-order valence-electron chi connectivity index (χ3n) is 1.45. The van der Waals surface area contributed by atoms with E-state index in [1.807, 2.05) is 0 Å². The number of aromatic nitrogens is 1. The third-order valence-corrected chi connectivity index (χ3v) is 1.45. The molecule has 0 aliphatic rings. The summed E-state index contributed by atoms with van der Waals surface area (Å²) in [6.45, 7) is 0. The molecule has 0 saturated heterocycles. The molecule has 0 amide bonds. The number of rotatable bonds is 2. The highest BCUT2D eigenvalue weighted by atomic mass is 16.6. The number of hydrogen-bond donors (Lipinski definition) is 1. The molecule has 1 N–H and O–H groups in total. The normalized spacial score (nSPS) is 9.15. The minimum absolute atomic E-state index is 0.0417. The second kappa shape index (κ2) is 3.49. The Hall–Kier alpha value is -2.16. The first-order valence-corrected chi connectivity index (χ1v) is 3.38. The molecule has 0 aromatic carbocycles. The molecule has 1 rings (SSSR count). The lowest BCUT2D eigenvalue weighted by Gasteiger charge is -1.95. The van der Waals surface area contributed by atoms with Gasteiger partial charge in [0.25, 0.3) is 5.43 Å². The van der Waals surface area contributed by atoms with E-state index >= 15 is 0 Å². The van der Waals surface area contributed by atoms with Gasteiger partial charge in [-0.2, -0.15) is 5.26 Å². The van der Waals surface area contributed by atoms with Gasteiger partial charge in [0, 0.05) is 12.3 Å². The van der Waals surface area contributed by atoms with Gasteiger partial charge in [0.1, 0.15) is 5.69 Å². The maximum Gasteiger partial charge on any atom is 0.336 e. The van der Waals surface area contributed by atoms with Crippen molar-refractivity contribution in [2.75, 3.05) is 0 Å². The van der Waals surface area contributed by atoms with Crippen LogP contribution in [0.2, 0.25) is 0 Å². The predicted octanol–water partition coefficient (Wildman–Crippen LogP) is 0.349. The Labute approximate surface area is 72.6 Å². The highest BCUT2D eigenvalue weighted by Gasteiger charge is 2.17. The summed E-state index contributed by atoms with van der Waals surface area (Å²) < 4.78 is 0. The van der Waals surface area contributed by atoms with Gasteiger partial charge in [-0.15, -0.1) is 0 Å². The van der Waals surface area contributed by atoms with Crippen molar-refractivity contribution in [2.24, 2.45) is 0 Å². The van der Waals surface area contributed by atoms with Crippen LogP contribution >= 0.6 is 0 Å². The van der Waals surface area contributed by atoms with Gasteiger partial charge >= 0.3 is 5.69 Å². The third kappa shape index (κ3) is 1.70. The van der Waals surface area contributed by atoms with Crippen molar-refractivity contribution >= 4 is 5.69 Å². The zero-order valence-corrected chi connectivity index (χ0v) is 6.48. The minimum atomic E-state index is -0.786. The second-order valence-corrected chi connectivity index (χ2v) is 2.26. The molecular weight excluding hydrogens is 174 g/mol. The van der Waals surface area contributed by atoms with E-state index in [-0.39, 0.29) is 12.1 Å². The quantitative estimate of drug-likeness (QED) is 0.522. The van der Waals surface area contributed by atoms with E-state index < -0.39 is 16.0 Å². The lowest BCUT2D eigenvalue weighted by molar-refractivity contribution is -0.387. The van der Waals surface area contributed by atoms with Crippen molar-refractivity contribution in [1.82, 2.24) is 4.98 Å². The second-order valence-electron chi connectivity index (χ2n) is 2.26. The van der Waals surface area contributed by atoms with Crippen molar-refractivity contribution in [3.05, 3.63) is 38.3 Å². The molecule has 0 unspecified atom stereocenters. The molecule has 1 heterocycles. The maximum absolute atomic E-state index is 11.0. The number of aromatic amines is 1. The summed E-state index contributed by atoms with van der Waals surface area (Å²) in [6.07, 6.45) is 1.11. The fraction of sp³-hybridized carbons (Fsp3) is 0.143. The van der Waals surface area contributed by atoms with Crippen LogP contribution in [0, 0.1) is 21.4 Å². The van der Waals surface area contributed by atoms with Crippen LogP contribution in [-0.2, 0) is 6.42 Å². The summed E-state index contributed by atoms with van der Waals surface area (Å²) >= 11 is 0. The van der Waals surface area contributed by atoms with Crippen LogP contribution in [0.15, 0.2) is 17.1 Å². The molecule has 0 atom stereocenters. The molecule has 0 aliphatic heterocycles. The smallest absolute Gasteiger partial charge is 0.336 e. The van der Waals surface area contributed by atoms with Crippen LogP contribution in [0.4, 0.5) is 5.69 Å². The fourth-order valence-electron chi connectivity index (χ4n) is 0.928. The monoisotopic (exact) mass is 179 g/mol. The Morgan fingerprint density at radius 1 is 1.69 bits per heavy atom. The van der Waals surface area contributed by atoms with Gasteiger partial charge in [0.05, 0.1) is 17.4 Å². The van der Waals surface area contributed by atoms with Gasteiger partial charge in [-0.1, -0.05) is 0 Å². The van der Waals surface area contributed by atoms with Gasteiger partial charge in [-0.3, -0.25) is 14.9 Å². The van der Waals surface area contributed by atoms with Crippen LogP contribution in [-0.4, -0.2) is 9.91 Å². The SMILES string of the molecule is N#CCc1[nH]ccc(=O)c1[N+](=O)[O-]. The maximum atomic E-state index is 11.0. The van der Waals surface area contributed by atoms with Gasteiger partial charge in [0.15, 0.2) is 0 Å². The number of H-pyrrole nitrogens is 1. The minimum Gasteiger partial charge on any atom is -0.358 e. The first kappa shape index (κ1) is 8.93. The molecule has 6 heteroatoms. The molecule has 1 aromatic rings. The average molecular weight is 179 g/mol. The Morgan fingerprint density at radius 2 is 2.38 bits per heavy atom. The lowest BCUT2D eigenvalue weighted by atomic mass is 10.2. The van der Waals surface area contributed by atoms with E-state index in [1.165, 1.54) is 6.20 Å². The van der Waals surface area contributed by atoms with Crippen LogP contribution < -0.4 is 5.43 Å². The van der Waals surface area contributed by atoms with E-state index in [0.29, 0.717) is 0 Å². The molecule has 0 spiro atoms. The van der Waals surface area contributed by atoms with Crippen molar-refractivity contribution in [2.45, 2.75) is 6.42 Å². The molecule has 0 saturated carbocycles. The number of nitriles is 1. The van der Waals surface area contributed by atoms with Crippen molar-refractivity contribution < 1.29 is 4.92 Å². The van der Waals surface area contributed by atoms with Crippen LogP contribution in [0.5, 0.6) is 0 Å². The van der Waals surface area contributed by atoms with Gasteiger partial charge in [-0.25, -0.2) is 0 Å². The van der Waals surface area contributed by atoms with Crippen molar-refractivity contribution in [1.29, 1.82) is 5.26 Å². The van der Waals surface area contributed by atoms with Gasteiger partial charge in [0.2, 0.25) is 0 Å². The number of nitrogens with one attached hydrogen (secondary N) is 1. The fourth-order valence-corrected chi connectivity index (χ4v) is 0.928. The Bertz CT molecular complexity index is 429. The predicted molar refractivity (Wildman–Crippen MR) is 43.0 cm³/mol. The molecule has 13 heavy (non-hydrogen) atoms. The molecule has 6 nitrogen and oxygen atoms in total. The summed E-state index contributed by atoms with van der Waals surface area (Å²) in [5.41, 5.74) is -1.20. The Kier molecular flexibility index (Phi) is 2.40. The lowest BCUT2D eigenvalue weighted by Crippen LogP contribution is -2.11. The largest absolute Gasteiger partial charge is 0.358 e. The van der Waals surface area contributed by atoms with E-state index in [2.05, 4.69) is 4.98 Å². The van der Waals surface area contributed by atoms with E-state index in [0.717, 1.165) is 6.07 Å². The summed E-state index contributed by atoms with van der Waals surface area (Å²) in [5, 5.41) is 18.7. The molecule has 1 aromatic heterocycles. The van der Waals surface area contributed by atoms with E-state index in [4.69, 9.17) is 5.26 Å². The van der Waals surface area contributed by atoms with Gasteiger partial charge < -0.3 is 4.98 Å². The van der Waals surface area contributed by atoms with E-state index in [9.17, 15) is 14.9 Å². The summed E-state index contributed by atoms with van der Waals surface area (Å²) in [7, 11) is 0. The Morgan fingerprint density at radius 3 is 2.92 bits per heavy atom.